The Hall–Kier alpha value is -1.94. The molecule has 30 heavy (non-hydrogen) atoms. The van der Waals surface area contributed by atoms with E-state index in [-0.39, 0.29) is 17.7 Å². The van der Waals surface area contributed by atoms with Crippen LogP contribution in [0.3, 0.4) is 0 Å². The van der Waals surface area contributed by atoms with Crippen LogP contribution in [-0.4, -0.2) is 54.8 Å². The van der Waals surface area contributed by atoms with Gasteiger partial charge in [-0.15, -0.1) is 11.3 Å². The van der Waals surface area contributed by atoms with Crippen LogP contribution >= 0.6 is 38.9 Å². The summed E-state index contributed by atoms with van der Waals surface area (Å²) in [6.07, 6.45) is 0. The summed E-state index contributed by atoms with van der Waals surface area (Å²) < 4.78 is 0.837. The molecular formula is C20H22BrClN4O3S. The maximum Gasteiger partial charge on any atom is 0.262 e. The van der Waals surface area contributed by atoms with Crippen molar-refractivity contribution in [3.05, 3.63) is 44.0 Å². The molecule has 2 N–H and O–H groups in total. The quantitative estimate of drug-likeness (QED) is 0.640. The van der Waals surface area contributed by atoms with Gasteiger partial charge in [0.05, 0.1) is 25.9 Å². The lowest BCUT2D eigenvalue weighted by atomic mass is 10.0. The fourth-order valence-electron chi connectivity index (χ4n) is 2.97. The summed E-state index contributed by atoms with van der Waals surface area (Å²) in [5.41, 5.74) is -0.0494. The number of nitrogens with zero attached hydrogens (tertiary/aromatic N) is 2. The van der Waals surface area contributed by atoms with Gasteiger partial charge in [-0.3, -0.25) is 19.3 Å². The van der Waals surface area contributed by atoms with Crippen molar-refractivity contribution in [2.75, 3.05) is 36.9 Å². The second kappa shape index (κ2) is 9.05. The van der Waals surface area contributed by atoms with E-state index in [0.717, 1.165) is 10.3 Å². The first kappa shape index (κ1) is 22.7. The van der Waals surface area contributed by atoms with Crippen molar-refractivity contribution in [2.45, 2.75) is 19.4 Å². The Balaban J connectivity index is 1.68. The minimum atomic E-state index is -1.15. The molecule has 2 heterocycles. The van der Waals surface area contributed by atoms with Crippen LogP contribution in [0.15, 0.2) is 34.1 Å². The molecule has 3 rings (SSSR count). The predicted molar refractivity (Wildman–Crippen MR) is 123 cm³/mol. The number of piperazine rings is 1. The molecule has 2 aromatic rings. The molecule has 10 heteroatoms. The Morgan fingerprint density at radius 3 is 2.53 bits per heavy atom. The third-order valence-electron chi connectivity index (χ3n) is 4.70. The van der Waals surface area contributed by atoms with Crippen molar-refractivity contribution in [1.29, 1.82) is 0 Å². The van der Waals surface area contributed by atoms with Crippen LogP contribution in [0.1, 0.15) is 23.5 Å². The van der Waals surface area contributed by atoms with Gasteiger partial charge in [0, 0.05) is 18.8 Å². The monoisotopic (exact) mass is 512 g/mol. The number of nitrogens with one attached hydrogen (secondary N) is 2. The number of likely N-dealkylation sites (N-methyl/N-ethyl adjacent to an activating group) is 1. The summed E-state index contributed by atoms with van der Waals surface area (Å²) in [6.45, 7) is 4.90. The first-order valence-corrected chi connectivity index (χ1v) is 11.2. The lowest BCUT2D eigenvalue weighted by Crippen LogP contribution is -2.52. The average Bonchev–Trinajstić information content (AvgIpc) is 3.09. The van der Waals surface area contributed by atoms with Crippen molar-refractivity contribution in [3.8, 4) is 0 Å². The van der Waals surface area contributed by atoms with Crippen LogP contribution in [-0.2, 0) is 9.59 Å². The molecule has 0 unspecified atom stereocenters. The zero-order valence-corrected chi connectivity index (χ0v) is 19.9. The van der Waals surface area contributed by atoms with Crippen LogP contribution in [0.2, 0.25) is 5.02 Å². The van der Waals surface area contributed by atoms with Crippen LogP contribution in [0.25, 0.3) is 0 Å². The molecule has 0 atom stereocenters. The van der Waals surface area contributed by atoms with Gasteiger partial charge in [0.1, 0.15) is 5.54 Å². The maximum absolute atomic E-state index is 12.7. The van der Waals surface area contributed by atoms with Gasteiger partial charge in [-0.1, -0.05) is 11.6 Å². The highest BCUT2D eigenvalue weighted by Crippen LogP contribution is 2.30. The van der Waals surface area contributed by atoms with E-state index < -0.39 is 5.54 Å². The van der Waals surface area contributed by atoms with E-state index in [1.807, 2.05) is 11.9 Å². The van der Waals surface area contributed by atoms with E-state index in [1.54, 1.807) is 49.1 Å². The number of amides is 3. The molecule has 1 fully saturated rings. The fourth-order valence-corrected chi connectivity index (χ4v) is 4.54. The third kappa shape index (κ3) is 5.21. The highest BCUT2D eigenvalue weighted by molar-refractivity contribution is 9.11. The fraction of sp³-hybridized carbons (Fsp3) is 0.350. The van der Waals surface area contributed by atoms with Crippen molar-refractivity contribution in [3.63, 3.8) is 0 Å². The molecule has 0 radical (unpaired) electrons. The SMILES string of the molecule is CN1CCN(c2ccc(NC(=O)C(C)(C)NC(=O)c3ccc(Br)s3)cc2Cl)C(=O)C1. The zero-order chi connectivity index (χ0) is 22.1. The highest BCUT2D eigenvalue weighted by atomic mass is 79.9. The van der Waals surface area contributed by atoms with Gasteiger partial charge < -0.3 is 15.5 Å². The minimum Gasteiger partial charge on any atom is -0.337 e. The molecule has 1 aromatic heterocycles. The number of hydrogen-bond donors (Lipinski definition) is 2. The molecule has 0 bridgehead atoms. The van der Waals surface area contributed by atoms with E-state index >= 15 is 0 Å². The number of hydrogen-bond acceptors (Lipinski definition) is 5. The standard InChI is InChI=1S/C20H22BrClN4O3S/c1-20(2,24-18(28)15-6-7-16(21)30-15)19(29)23-12-4-5-14(13(22)10-12)26-9-8-25(3)11-17(26)27/h4-7,10H,8-9,11H2,1-3H3,(H,23,29)(H,24,28). The van der Waals surface area contributed by atoms with Crippen molar-refractivity contribution in [2.24, 2.45) is 0 Å². The van der Waals surface area contributed by atoms with Gasteiger partial charge in [0.15, 0.2) is 0 Å². The second-order valence-electron chi connectivity index (χ2n) is 7.59. The predicted octanol–water partition coefficient (Wildman–Crippen LogP) is 3.59. The Kier molecular flexibility index (Phi) is 6.86. The summed E-state index contributed by atoms with van der Waals surface area (Å²) in [4.78, 5) is 41.5. The van der Waals surface area contributed by atoms with E-state index in [4.69, 9.17) is 11.6 Å². The van der Waals surface area contributed by atoms with Crippen molar-refractivity contribution in [1.82, 2.24) is 10.2 Å². The summed E-state index contributed by atoms with van der Waals surface area (Å²) >= 11 is 11.0. The number of rotatable bonds is 5. The van der Waals surface area contributed by atoms with Crippen LogP contribution in [0.5, 0.6) is 0 Å². The van der Waals surface area contributed by atoms with Gasteiger partial charge in [-0.25, -0.2) is 0 Å². The first-order valence-electron chi connectivity index (χ1n) is 9.24. The number of benzene rings is 1. The topological polar surface area (TPSA) is 81.8 Å². The number of carbonyl (C=O) groups excluding carboxylic acids is 3. The molecule has 1 aliphatic rings. The molecule has 0 aliphatic carbocycles. The lowest BCUT2D eigenvalue weighted by Gasteiger charge is -2.32. The first-order chi connectivity index (χ1) is 14.1. The summed E-state index contributed by atoms with van der Waals surface area (Å²) in [6, 6.07) is 8.49. The van der Waals surface area contributed by atoms with Crippen LogP contribution in [0, 0.1) is 0 Å². The number of anilines is 2. The molecule has 1 aliphatic heterocycles. The van der Waals surface area contributed by atoms with Gasteiger partial charge in [-0.05, 0) is 67.2 Å². The minimum absolute atomic E-state index is 0.0218. The maximum atomic E-state index is 12.7. The Morgan fingerprint density at radius 1 is 1.20 bits per heavy atom. The van der Waals surface area contributed by atoms with E-state index in [1.165, 1.54) is 11.3 Å². The van der Waals surface area contributed by atoms with Gasteiger partial charge in [0.25, 0.3) is 5.91 Å². The molecule has 7 nitrogen and oxygen atoms in total. The Morgan fingerprint density at radius 2 is 1.93 bits per heavy atom. The molecule has 0 saturated carbocycles. The van der Waals surface area contributed by atoms with Gasteiger partial charge in [-0.2, -0.15) is 0 Å². The molecule has 0 spiro atoms. The van der Waals surface area contributed by atoms with Crippen molar-refractivity contribution >= 4 is 68.0 Å². The van der Waals surface area contributed by atoms with Gasteiger partial charge in [0.2, 0.25) is 11.8 Å². The van der Waals surface area contributed by atoms with Crippen LogP contribution in [0.4, 0.5) is 11.4 Å². The largest absolute Gasteiger partial charge is 0.337 e. The molecule has 1 aromatic carbocycles. The number of thiophene rings is 1. The molecule has 160 valence electrons. The molecule has 1 saturated heterocycles. The summed E-state index contributed by atoms with van der Waals surface area (Å²) in [7, 11) is 1.90. The zero-order valence-electron chi connectivity index (χ0n) is 16.8. The Labute approximate surface area is 192 Å². The third-order valence-corrected chi connectivity index (χ3v) is 6.62. The lowest BCUT2D eigenvalue weighted by molar-refractivity contribution is -0.121. The second-order valence-corrected chi connectivity index (χ2v) is 10.5. The van der Waals surface area contributed by atoms with E-state index in [9.17, 15) is 14.4 Å². The summed E-state index contributed by atoms with van der Waals surface area (Å²) in [5.74, 6) is -0.731. The molecular weight excluding hydrogens is 492 g/mol. The van der Waals surface area contributed by atoms with Gasteiger partial charge >= 0.3 is 0 Å². The summed E-state index contributed by atoms with van der Waals surface area (Å²) in [5, 5.41) is 5.89. The number of carbonyl (C=O) groups is 3. The van der Waals surface area contributed by atoms with Crippen molar-refractivity contribution < 1.29 is 14.4 Å². The smallest absolute Gasteiger partial charge is 0.262 e. The van der Waals surface area contributed by atoms with E-state index in [2.05, 4.69) is 26.6 Å². The highest BCUT2D eigenvalue weighted by Gasteiger charge is 2.31. The Bertz CT molecular complexity index is 994. The normalized spacial score (nSPS) is 15.2. The van der Waals surface area contributed by atoms with Crippen LogP contribution < -0.4 is 15.5 Å². The molecule has 3 amide bonds. The average molecular weight is 514 g/mol. The number of halogens is 2. The van der Waals surface area contributed by atoms with E-state index in [0.29, 0.717) is 34.4 Å².